The van der Waals surface area contributed by atoms with Crippen LogP contribution in [0.2, 0.25) is 0 Å². The van der Waals surface area contributed by atoms with Crippen LogP contribution in [0.1, 0.15) is 11.3 Å². The maximum atomic E-state index is 12.0. The van der Waals surface area contributed by atoms with Crippen molar-refractivity contribution in [3.05, 3.63) is 41.7 Å². The summed E-state index contributed by atoms with van der Waals surface area (Å²) in [6.45, 7) is -1.49. The van der Waals surface area contributed by atoms with Crippen LogP contribution in [-0.2, 0) is 9.63 Å². The van der Waals surface area contributed by atoms with Crippen molar-refractivity contribution in [2.24, 2.45) is 5.16 Å². The molecule has 0 saturated heterocycles. The van der Waals surface area contributed by atoms with Crippen LogP contribution in [0, 0.1) is 6.92 Å². The summed E-state index contributed by atoms with van der Waals surface area (Å²) in [7, 11) is 0. The van der Waals surface area contributed by atoms with Gasteiger partial charge in [0, 0.05) is 6.07 Å². The molecule has 0 atom stereocenters. The third kappa shape index (κ3) is 5.73. The Morgan fingerprint density at radius 2 is 2.17 bits per heavy atom. The lowest BCUT2D eigenvalue weighted by atomic mass is 10.2. The number of aryl methyl sites for hydroxylation is 1. The Bertz CT molecular complexity index is 671. The van der Waals surface area contributed by atoms with Crippen LogP contribution < -0.4 is 10.1 Å². The predicted octanol–water partition coefficient (Wildman–Crippen LogP) is 2.57. The molecule has 0 unspecified atom stereocenters. The van der Waals surface area contributed by atoms with Crippen molar-refractivity contribution in [3.63, 3.8) is 0 Å². The molecule has 0 bridgehead atoms. The van der Waals surface area contributed by atoms with Crippen molar-refractivity contribution < 1.29 is 27.7 Å². The number of hydrogen-bond acceptors (Lipinski definition) is 6. The predicted molar refractivity (Wildman–Crippen MR) is 76.5 cm³/mol. The van der Waals surface area contributed by atoms with Gasteiger partial charge in [0.05, 0.1) is 6.21 Å². The molecule has 1 heterocycles. The molecule has 0 saturated carbocycles. The first-order chi connectivity index (χ1) is 11.0. The van der Waals surface area contributed by atoms with E-state index in [-0.39, 0.29) is 18.2 Å². The first-order valence-corrected chi connectivity index (χ1v) is 6.46. The Balaban J connectivity index is 1.74. The fourth-order valence-electron chi connectivity index (χ4n) is 1.53. The van der Waals surface area contributed by atoms with Gasteiger partial charge >= 0.3 is 6.61 Å². The minimum atomic E-state index is -2.87. The van der Waals surface area contributed by atoms with Gasteiger partial charge in [-0.15, -0.1) is 0 Å². The number of rotatable bonds is 7. The van der Waals surface area contributed by atoms with Gasteiger partial charge in [-0.1, -0.05) is 10.3 Å². The second kappa shape index (κ2) is 7.87. The molecule has 1 amide bonds. The summed E-state index contributed by atoms with van der Waals surface area (Å²) in [5.41, 5.74) is 0.596. The molecule has 23 heavy (non-hydrogen) atoms. The van der Waals surface area contributed by atoms with Gasteiger partial charge in [-0.2, -0.15) is 8.78 Å². The summed E-state index contributed by atoms with van der Waals surface area (Å²) in [5.74, 6) is 0.449. The first kappa shape index (κ1) is 16.4. The van der Waals surface area contributed by atoms with E-state index in [0.29, 0.717) is 11.3 Å². The maximum Gasteiger partial charge on any atom is 0.387 e. The van der Waals surface area contributed by atoms with E-state index in [9.17, 15) is 13.6 Å². The smallest absolute Gasteiger partial charge is 0.387 e. The van der Waals surface area contributed by atoms with E-state index in [4.69, 9.17) is 9.36 Å². The fraction of sp³-hybridized carbons (Fsp3) is 0.214. The number of nitrogens with zero attached hydrogens (tertiary/aromatic N) is 2. The van der Waals surface area contributed by atoms with Crippen molar-refractivity contribution in [3.8, 4) is 5.75 Å². The van der Waals surface area contributed by atoms with Crippen LogP contribution in [0.15, 0.2) is 40.0 Å². The summed E-state index contributed by atoms with van der Waals surface area (Å²) in [5, 5.41) is 9.65. The molecular weight excluding hydrogens is 312 g/mol. The quantitative estimate of drug-likeness (QED) is 0.624. The summed E-state index contributed by atoms with van der Waals surface area (Å²) in [4.78, 5) is 16.3. The number of oxime groups is 1. The van der Waals surface area contributed by atoms with Crippen LogP contribution in [0.4, 0.5) is 14.6 Å². The second-order valence-corrected chi connectivity index (χ2v) is 4.33. The molecule has 9 heteroatoms. The lowest BCUT2D eigenvalue weighted by molar-refractivity contribution is -0.120. The molecule has 7 nitrogen and oxygen atoms in total. The molecule has 0 aliphatic carbocycles. The zero-order chi connectivity index (χ0) is 16.7. The molecule has 122 valence electrons. The highest BCUT2D eigenvalue weighted by Crippen LogP contribution is 2.14. The molecule has 0 aliphatic heterocycles. The van der Waals surface area contributed by atoms with E-state index < -0.39 is 12.5 Å². The van der Waals surface area contributed by atoms with Crippen molar-refractivity contribution >= 4 is 17.9 Å². The van der Waals surface area contributed by atoms with Crippen molar-refractivity contribution in [2.75, 3.05) is 11.9 Å². The van der Waals surface area contributed by atoms with Crippen molar-refractivity contribution in [1.29, 1.82) is 0 Å². The average Bonchev–Trinajstić information content (AvgIpc) is 2.90. The summed E-state index contributed by atoms with van der Waals surface area (Å²) in [6.07, 6.45) is 1.33. The summed E-state index contributed by atoms with van der Waals surface area (Å²) < 4.78 is 33.0. The molecule has 0 radical (unpaired) electrons. The average molecular weight is 325 g/mol. The summed E-state index contributed by atoms with van der Waals surface area (Å²) >= 11 is 0. The normalized spacial score (nSPS) is 11.0. The third-order valence-corrected chi connectivity index (χ3v) is 2.47. The van der Waals surface area contributed by atoms with Crippen LogP contribution in [0.5, 0.6) is 5.75 Å². The number of ether oxygens (including phenoxy) is 1. The Morgan fingerprint density at radius 3 is 2.78 bits per heavy atom. The van der Waals surface area contributed by atoms with E-state index in [1.54, 1.807) is 13.0 Å². The molecule has 2 rings (SSSR count). The van der Waals surface area contributed by atoms with Gasteiger partial charge in [0.1, 0.15) is 11.5 Å². The topological polar surface area (TPSA) is 86.0 Å². The van der Waals surface area contributed by atoms with Gasteiger partial charge in [-0.05, 0) is 36.8 Å². The number of benzene rings is 1. The molecule has 0 fully saturated rings. The number of anilines is 1. The monoisotopic (exact) mass is 325 g/mol. The van der Waals surface area contributed by atoms with Gasteiger partial charge in [-0.25, -0.2) is 0 Å². The van der Waals surface area contributed by atoms with E-state index in [0.717, 1.165) is 0 Å². The van der Waals surface area contributed by atoms with Crippen molar-refractivity contribution in [2.45, 2.75) is 13.5 Å². The molecule has 2 aromatic rings. The first-order valence-electron chi connectivity index (χ1n) is 6.46. The Hall–Kier alpha value is -2.97. The highest BCUT2D eigenvalue weighted by atomic mass is 19.3. The minimum Gasteiger partial charge on any atom is -0.435 e. The van der Waals surface area contributed by atoms with Gasteiger partial charge in [-0.3, -0.25) is 4.79 Å². The number of halogens is 2. The number of aromatic nitrogens is 1. The van der Waals surface area contributed by atoms with Crippen LogP contribution in [0.25, 0.3) is 0 Å². The van der Waals surface area contributed by atoms with Gasteiger partial charge in [0.15, 0.2) is 12.4 Å². The largest absolute Gasteiger partial charge is 0.435 e. The standard InChI is InChI=1S/C14H13F2N3O4/c1-9-6-12(19-23-9)18-13(20)8-21-17-7-10-2-4-11(5-3-10)22-14(15)16/h2-7,14H,8H2,1H3,(H,18,19,20)/b17-7-. The number of nitrogens with one attached hydrogen (secondary N) is 1. The van der Waals surface area contributed by atoms with Gasteiger partial charge in [0.2, 0.25) is 0 Å². The van der Waals surface area contributed by atoms with Crippen LogP contribution in [-0.4, -0.2) is 30.5 Å². The van der Waals surface area contributed by atoms with E-state index in [2.05, 4.69) is 20.4 Å². The third-order valence-electron chi connectivity index (χ3n) is 2.47. The van der Waals surface area contributed by atoms with E-state index >= 15 is 0 Å². The van der Waals surface area contributed by atoms with E-state index in [1.807, 2.05) is 0 Å². The lowest BCUT2D eigenvalue weighted by Crippen LogP contribution is -2.17. The Labute approximate surface area is 129 Å². The maximum absolute atomic E-state index is 12.0. The molecule has 1 N–H and O–H groups in total. The zero-order valence-electron chi connectivity index (χ0n) is 12.0. The number of hydrogen-bond donors (Lipinski definition) is 1. The highest BCUT2D eigenvalue weighted by Gasteiger charge is 2.06. The molecule has 1 aromatic heterocycles. The summed E-state index contributed by atoms with van der Waals surface area (Å²) in [6, 6.07) is 7.33. The lowest BCUT2D eigenvalue weighted by Gasteiger charge is -2.03. The molecule has 1 aromatic carbocycles. The Kier molecular flexibility index (Phi) is 5.61. The van der Waals surface area contributed by atoms with Gasteiger partial charge in [0.25, 0.3) is 5.91 Å². The van der Waals surface area contributed by atoms with E-state index in [1.165, 1.54) is 30.5 Å². The number of carbonyl (C=O) groups excluding carboxylic acids is 1. The van der Waals surface area contributed by atoms with Crippen molar-refractivity contribution in [1.82, 2.24) is 5.16 Å². The number of alkyl halides is 2. The number of carbonyl (C=O) groups is 1. The number of amides is 1. The molecular formula is C14H13F2N3O4. The zero-order valence-corrected chi connectivity index (χ0v) is 12.0. The Morgan fingerprint density at radius 1 is 1.43 bits per heavy atom. The molecule has 0 aliphatic rings. The highest BCUT2D eigenvalue weighted by molar-refractivity contribution is 5.90. The van der Waals surface area contributed by atoms with Crippen LogP contribution >= 0.6 is 0 Å². The minimum absolute atomic E-state index is 0.0420. The SMILES string of the molecule is Cc1cc(NC(=O)CO/N=C\c2ccc(OC(F)F)cc2)no1. The molecule has 0 spiro atoms. The fourth-order valence-corrected chi connectivity index (χ4v) is 1.53. The van der Waals surface area contributed by atoms with Crippen LogP contribution in [0.3, 0.4) is 0 Å². The second-order valence-electron chi connectivity index (χ2n) is 4.33. The van der Waals surface area contributed by atoms with Gasteiger partial charge < -0.3 is 19.4 Å².